The van der Waals surface area contributed by atoms with Crippen LogP contribution in [0.2, 0.25) is 0 Å². The lowest BCUT2D eigenvalue weighted by Gasteiger charge is -2.23. The number of ether oxygens (including phenoxy) is 8. The number of carbonyl (C=O) groups is 2. The van der Waals surface area contributed by atoms with Gasteiger partial charge in [0.2, 0.25) is 0 Å². The lowest BCUT2D eigenvalue weighted by atomic mass is 9.94. The summed E-state index contributed by atoms with van der Waals surface area (Å²) in [5.41, 5.74) is 3.97. The lowest BCUT2D eigenvalue weighted by molar-refractivity contribution is -0.148. The molecular weight excluding hydrogens is 841 g/mol. The Morgan fingerprint density at radius 1 is 0.667 bits per heavy atom. The zero-order valence-corrected chi connectivity index (χ0v) is 41.1. The molecule has 2 saturated heterocycles. The third kappa shape index (κ3) is 14.0. The number of aryl methyl sites for hydroxylation is 2. The van der Waals surface area contributed by atoms with E-state index < -0.39 is 23.6 Å². The van der Waals surface area contributed by atoms with E-state index in [4.69, 9.17) is 43.0 Å². The standard InChI is InChI=1S/C27H38O7.C27H36O5/c1-16-10-11-17(2)25-23(33-27(5,6)34-25)9-7-8-20-13-22(31-15-21(29)14-28)12-18(3)24(20)26(30)32-19(16)4;1-8-14-29-22-15-19(4)24-21(16-22)10-9-11-23-25(32-27(6,7)31-23)18(3)13-12-17(2)20(5)30-26(24)28/h7-8,10-13,16-17,19,21,23,25,28-29H,9,14-15H2,1-6H3;8-10,12-13,15-18,20,23,25H,1,11,14H2,2-7H3/b8-7+,11-10-;10-9+,13-12-/t16-,17-,19+,21-,23+,25?;17-,18-,20+,23+,25?/m11/s1. The molecule has 0 saturated carbocycles. The summed E-state index contributed by atoms with van der Waals surface area (Å²) in [6.45, 7) is 27.3. The van der Waals surface area contributed by atoms with Crippen molar-refractivity contribution in [2.45, 2.75) is 150 Å². The second-order valence-corrected chi connectivity index (χ2v) is 19.1. The number of carbonyl (C=O) groups excluding carboxylic acids is 2. The number of hydrogen-bond donors (Lipinski definition) is 2. The van der Waals surface area contributed by atoms with Gasteiger partial charge in [-0.2, -0.15) is 0 Å². The summed E-state index contributed by atoms with van der Waals surface area (Å²) < 4.78 is 47.9. The summed E-state index contributed by atoms with van der Waals surface area (Å²) in [6.07, 6.45) is 17.4. The van der Waals surface area contributed by atoms with Gasteiger partial charge in [0.1, 0.15) is 43.0 Å². The van der Waals surface area contributed by atoms with E-state index in [-0.39, 0.29) is 79.5 Å². The molecular formula is C54H74O12. The van der Waals surface area contributed by atoms with Crippen LogP contribution in [0.25, 0.3) is 12.2 Å². The fraction of sp³-hybridized carbons (Fsp3) is 0.556. The van der Waals surface area contributed by atoms with Crippen molar-refractivity contribution in [2.75, 3.05) is 19.8 Å². The molecule has 2 aromatic carbocycles. The first-order chi connectivity index (χ1) is 31.1. The summed E-state index contributed by atoms with van der Waals surface area (Å²) >= 11 is 0. The van der Waals surface area contributed by atoms with Crippen molar-refractivity contribution in [1.29, 1.82) is 0 Å². The van der Waals surface area contributed by atoms with E-state index in [0.29, 0.717) is 53.2 Å². The van der Waals surface area contributed by atoms with E-state index in [1.165, 1.54) is 0 Å². The molecule has 2 unspecified atom stereocenters. The van der Waals surface area contributed by atoms with Gasteiger partial charge in [0.15, 0.2) is 11.6 Å². The molecule has 0 radical (unpaired) electrons. The smallest absolute Gasteiger partial charge is 0.339 e. The van der Waals surface area contributed by atoms with Crippen molar-refractivity contribution < 1.29 is 57.7 Å². The van der Waals surface area contributed by atoms with Crippen LogP contribution in [0.1, 0.15) is 125 Å². The van der Waals surface area contributed by atoms with Gasteiger partial charge in [-0.3, -0.25) is 0 Å². The highest BCUT2D eigenvalue weighted by atomic mass is 16.8. The summed E-state index contributed by atoms with van der Waals surface area (Å²) in [5.74, 6) is -0.448. The fourth-order valence-corrected chi connectivity index (χ4v) is 8.49. The number of aliphatic hydroxyl groups is 2. The van der Waals surface area contributed by atoms with E-state index in [9.17, 15) is 14.7 Å². The molecule has 12 heteroatoms. The maximum Gasteiger partial charge on any atom is 0.339 e. The molecule has 12 nitrogen and oxygen atoms in total. The number of rotatable bonds is 7. The first kappa shape index (κ1) is 52.4. The van der Waals surface area contributed by atoms with Crippen LogP contribution >= 0.6 is 0 Å². The molecule has 0 amide bonds. The third-order valence-electron chi connectivity index (χ3n) is 12.4. The van der Waals surface area contributed by atoms with Crippen LogP contribution in [-0.2, 0) is 28.4 Å². The highest BCUT2D eigenvalue weighted by Gasteiger charge is 2.44. The van der Waals surface area contributed by atoms with E-state index in [2.05, 4.69) is 51.7 Å². The number of esters is 2. The molecule has 0 aromatic heterocycles. The van der Waals surface area contributed by atoms with E-state index in [1.807, 2.05) is 98.8 Å². The molecule has 362 valence electrons. The Labute approximate surface area is 392 Å². The minimum atomic E-state index is -0.980. The van der Waals surface area contributed by atoms with Gasteiger partial charge < -0.3 is 48.1 Å². The van der Waals surface area contributed by atoms with Gasteiger partial charge in [0.05, 0.1) is 42.1 Å². The zero-order valence-electron chi connectivity index (χ0n) is 41.1. The highest BCUT2D eigenvalue weighted by molar-refractivity contribution is 5.96. The molecule has 66 heavy (non-hydrogen) atoms. The van der Waals surface area contributed by atoms with E-state index in [0.717, 1.165) is 11.1 Å². The van der Waals surface area contributed by atoms with E-state index in [1.54, 1.807) is 18.2 Å². The van der Waals surface area contributed by atoms with Crippen molar-refractivity contribution in [1.82, 2.24) is 0 Å². The maximum absolute atomic E-state index is 13.2. The Balaban J connectivity index is 0.000000248. The van der Waals surface area contributed by atoms with Gasteiger partial charge >= 0.3 is 11.9 Å². The Morgan fingerprint density at radius 3 is 1.48 bits per heavy atom. The Morgan fingerprint density at radius 2 is 1.08 bits per heavy atom. The Hall–Kier alpha value is -4.56. The molecule has 0 aliphatic carbocycles. The van der Waals surface area contributed by atoms with Gasteiger partial charge in [-0.05, 0) is 115 Å². The molecule has 6 rings (SSSR count). The van der Waals surface area contributed by atoms with Crippen LogP contribution in [0.3, 0.4) is 0 Å². The van der Waals surface area contributed by atoms with Crippen LogP contribution in [0.15, 0.2) is 73.4 Å². The minimum absolute atomic E-state index is 0.0185. The Kier molecular flexibility index (Phi) is 18.2. The summed E-state index contributed by atoms with van der Waals surface area (Å²) in [6, 6.07) is 7.23. The van der Waals surface area contributed by atoms with Gasteiger partial charge in [-0.15, -0.1) is 0 Å². The van der Waals surface area contributed by atoms with Crippen LogP contribution in [0.4, 0.5) is 0 Å². The van der Waals surface area contributed by atoms with Crippen molar-refractivity contribution in [3.8, 4) is 11.5 Å². The number of hydrogen-bond acceptors (Lipinski definition) is 12. The minimum Gasteiger partial charge on any atom is -0.491 e. The number of aliphatic hydroxyl groups excluding tert-OH is 2. The lowest BCUT2D eigenvalue weighted by Crippen LogP contribution is -2.29. The Bertz CT molecular complexity index is 2110. The molecule has 4 aliphatic heterocycles. The first-order valence-corrected chi connectivity index (χ1v) is 23.4. The average molecular weight is 915 g/mol. The summed E-state index contributed by atoms with van der Waals surface area (Å²) in [5, 5.41) is 18.7. The molecule has 0 bridgehead atoms. The SMILES string of the molecule is C=CCOc1cc(C)c2c(c1)/C=C/C[C@@H]1OC(C)(C)OC1[C@H](C)/C=C\[C@@H](C)[C@H](C)OC2=O.Cc1cc(OC[C@H](O)CO)cc2c1C(=O)O[C@@H](C)[C@H](C)/C=C\[C@@H](C)C1OC(C)(C)O[C@H]1C/C=C/2. The molecule has 2 N–H and O–H groups in total. The van der Waals surface area contributed by atoms with Crippen LogP contribution in [0, 0.1) is 37.5 Å². The van der Waals surface area contributed by atoms with Crippen LogP contribution < -0.4 is 9.47 Å². The van der Waals surface area contributed by atoms with Crippen molar-refractivity contribution >= 4 is 24.1 Å². The monoisotopic (exact) mass is 915 g/mol. The largest absolute Gasteiger partial charge is 0.491 e. The van der Waals surface area contributed by atoms with Crippen LogP contribution in [0.5, 0.6) is 11.5 Å². The second kappa shape index (κ2) is 23.0. The van der Waals surface area contributed by atoms with Crippen molar-refractivity contribution in [3.05, 3.63) is 107 Å². The molecule has 2 fully saturated rings. The second-order valence-electron chi connectivity index (χ2n) is 19.1. The molecule has 11 atom stereocenters. The van der Waals surface area contributed by atoms with Crippen LogP contribution in [-0.4, -0.2) is 96.3 Å². The number of cyclic esters (lactones) is 2. The maximum atomic E-state index is 13.2. The van der Waals surface area contributed by atoms with Gasteiger partial charge in [-0.25, -0.2) is 9.59 Å². The number of fused-ring (bicyclic) bond motifs is 4. The molecule has 4 heterocycles. The zero-order chi connectivity index (χ0) is 48.5. The molecule has 0 spiro atoms. The normalized spacial score (nSPS) is 32.0. The van der Waals surface area contributed by atoms with Crippen molar-refractivity contribution in [3.63, 3.8) is 0 Å². The third-order valence-corrected chi connectivity index (χ3v) is 12.4. The summed E-state index contributed by atoms with van der Waals surface area (Å²) in [4.78, 5) is 26.3. The first-order valence-electron chi connectivity index (χ1n) is 23.4. The number of benzene rings is 2. The van der Waals surface area contributed by atoms with E-state index >= 15 is 0 Å². The molecule has 2 aromatic rings. The van der Waals surface area contributed by atoms with Gasteiger partial charge in [0, 0.05) is 23.7 Å². The van der Waals surface area contributed by atoms with Gasteiger partial charge in [-0.1, -0.05) is 89.0 Å². The van der Waals surface area contributed by atoms with Crippen molar-refractivity contribution in [2.24, 2.45) is 23.7 Å². The molecule has 4 aliphatic rings. The van der Waals surface area contributed by atoms with Gasteiger partial charge in [0.25, 0.3) is 0 Å². The quantitative estimate of drug-likeness (QED) is 0.201. The average Bonchev–Trinajstić information content (AvgIpc) is 3.74. The fourth-order valence-electron chi connectivity index (χ4n) is 8.49. The highest BCUT2D eigenvalue weighted by Crippen LogP contribution is 2.37. The predicted octanol–water partition coefficient (Wildman–Crippen LogP) is 9.91. The topological polar surface area (TPSA) is 148 Å². The predicted molar refractivity (Wildman–Crippen MR) is 256 cm³/mol. The summed E-state index contributed by atoms with van der Waals surface area (Å²) in [7, 11) is 0.